The summed E-state index contributed by atoms with van der Waals surface area (Å²) in [6.07, 6.45) is -0.0531. The second-order valence-corrected chi connectivity index (χ2v) is 6.23. The number of carbonyl (C=O) groups is 3. The van der Waals surface area contributed by atoms with E-state index >= 15 is 0 Å². The number of ether oxygens (including phenoxy) is 1. The number of nitrogens with two attached hydrogens (primary N) is 1. The van der Waals surface area contributed by atoms with E-state index in [2.05, 4.69) is 4.84 Å². The van der Waals surface area contributed by atoms with E-state index in [9.17, 15) is 14.4 Å². The van der Waals surface area contributed by atoms with Crippen molar-refractivity contribution in [2.45, 2.75) is 45.6 Å². The quantitative estimate of drug-likeness (QED) is 0.468. The van der Waals surface area contributed by atoms with Crippen LogP contribution in [0.4, 0.5) is 0 Å². The molecule has 0 heterocycles. The van der Waals surface area contributed by atoms with Crippen LogP contribution in [0.5, 0.6) is 0 Å². The molecule has 0 amide bonds. The number of rotatable bonds is 7. The fraction of sp³-hybridized carbons (Fsp3) is 0.471. The third-order valence-electron chi connectivity index (χ3n) is 3.07. The van der Waals surface area contributed by atoms with Crippen LogP contribution in [0.2, 0.25) is 0 Å². The molecule has 0 bridgehead atoms. The van der Waals surface area contributed by atoms with Gasteiger partial charge in [0.1, 0.15) is 17.3 Å². The Kier molecular flexibility index (Phi) is 6.90. The molecule has 0 aliphatic heterocycles. The molecule has 1 aromatic rings. The second kappa shape index (κ2) is 8.43. The monoisotopic (exact) mass is 321 g/mol. The summed E-state index contributed by atoms with van der Waals surface area (Å²) < 4.78 is 5.33. The zero-order valence-corrected chi connectivity index (χ0v) is 13.7. The number of Topliss-reactive ketones (excluding diaryl/α,β-unsaturated/α-hetero) is 1. The zero-order chi connectivity index (χ0) is 17.5. The van der Waals surface area contributed by atoms with Gasteiger partial charge in [-0.25, -0.2) is 0 Å². The number of benzene rings is 1. The number of ketones is 1. The first-order chi connectivity index (χ1) is 10.7. The van der Waals surface area contributed by atoms with Gasteiger partial charge >= 0.3 is 11.9 Å². The molecular formula is C17H23NO5. The number of carbonyl (C=O) groups excluding carboxylic acids is 3. The van der Waals surface area contributed by atoms with E-state index in [1.165, 1.54) is 0 Å². The van der Waals surface area contributed by atoms with E-state index in [-0.39, 0.29) is 25.0 Å². The lowest BCUT2D eigenvalue weighted by atomic mass is 9.92. The summed E-state index contributed by atoms with van der Waals surface area (Å²) in [7, 11) is 0. The van der Waals surface area contributed by atoms with Crippen molar-refractivity contribution in [3.05, 3.63) is 35.9 Å². The highest BCUT2D eigenvalue weighted by molar-refractivity contribution is 6.00. The normalized spacial score (nSPS) is 12.3. The molecule has 6 heteroatoms. The van der Waals surface area contributed by atoms with Crippen molar-refractivity contribution in [3.63, 3.8) is 0 Å². The van der Waals surface area contributed by atoms with E-state index in [0.29, 0.717) is 0 Å². The van der Waals surface area contributed by atoms with Gasteiger partial charge in [-0.1, -0.05) is 30.3 Å². The molecule has 0 aliphatic carbocycles. The lowest BCUT2D eigenvalue weighted by molar-refractivity contribution is -0.162. The molecule has 1 rings (SSSR count). The molecular weight excluding hydrogens is 298 g/mol. The third-order valence-corrected chi connectivity index (χ3v) is 3.07. The minimum Gasteiger partial charge on any atom is -0.459 e. The van der Waals surface area contributed by atoms with E-state index in [4.69, 9.17) is 10.6 Å². The van der Waals surface area contributed by atoms with Crippen LogP contribution in [0.1, 0.15) is 39.2 Å². The van der Waals surface area contributed by atoms with Crippen LogP contribution in [-0.4, -0.2) is 23.3 Å². The summed E-state index contributed by atoms with van der Waals surface area (Å²) in [6, 6.07) is 9.18. The molecule has 0 saturated carbocycles. The van der Waals surface area contributed by atoms with Crippen LogP contribution in [0, 0.1) is 5.92 Å². The van der Waals surface area contributed by atoms with Crippen LogP contribution in [0.15, 0.2) is 30.3 Å². The Morgan fingerprint density at radius 2 is 1.70 bits per heavy atom. The standard InChI is InChI=1S/C17H23NO5/c1-17(2,3)22-16(21)13(11-12-7-5-4-6-8-12)14(19)9-10-15(20)23-18/h4-8,13H,9-11,18H2,1-3H3. The number of esters is 1. The van der Waals surface area contributed by atoms with Gasteiger partial charge in [0.15, 0.2) is 0 Å². The van der Waals surface area contributed by atoms with Crippen LogP contribution in [0.3, 0.4) is 0 Å². The van der Waals surface area contributed by atoms with Gasteiger partial charge in [-0.05, 0) is 32.8 Å². The van der Waals surface area contributed by atoms with Gasteiger partial charge in [-0.2, -0.15) is 5.90 Å². The van der Waals surface area contributed by atoms with Crippen molar-refractivity contribution in [1.29, 1.82) is 0 Å². The summed E-state index contributed by atoms with van der Waals surface area (Å²) in [5, 5.41) is 0. The first-order valence-electron chi connectivity index (χ1n) is 7.42. The smallest absolute Gasteiger partial charge is 0.324 e. The maximum atomic E-state index is 12.3. The Labute approximate surface area is 135 Å². The lowest BCUT2D eigenvalue weighted by Crippen LogP contribution is -2.34. The Balaban J connectivity index is 2.85. The third kappa shape index (κ3) is 7.06. The molecule has 0 radical (unpaired) electrons. The van der Waals surface area contributed by atoms with Crippen molar-refractivity contribution in [2.24, 2.45) is 11.8 Å². The Bertz CT molecular complexity index is 548. The maximum Gasteiger partial charge on any atom is 0.324 e. The summed E-state index contributed by atoms with van der Waals surface area (Å²) in [6.45, 7) is 5.21. The molecule has 1 aromatic carbocycles. The summed E-state index contributed by atoms with van der Waals surface area (Å²) >= 11 is 0. The van der Waals surface area contributed by atoms with E-state index in [1.54, 1.807) is 20.8 Å². The maximum absolute atomic E-state index is 12.3. The van der Waals surface area contributed by atoms with Crippen molar-refractivity contribution in [1.82, 2.24) is 0 Å². The SMILES string of the molecule is CC(C)(C)OC(=O)C(Cc1ccccc1)C(=O)CCC(=O)ON. The largest absolute Gasteiger partial charge is 0.459 e. The number of hydrogen-bond donors (Lipinski definition) is 1. The van der Waals surface area contributed by atoms with Gasteiger partial charge in [0.25, 0.3) is 0 Å². The molecule has 0 fully saturated rings. The molecule has 2 N–H and O–H groups in total. The van der Waals surface area contributed by atoms with E-state index in [0.717, 1.165) is 5.56 Å². The highest BCUT2D eigenvalue weighted by Gasteiger charge is 2.31. The predicted octanol–water partition coefficient (Wildman–Crippen LogP) is 1.95. The topological polar surface area (TPSA) is 95.7 Å². The first kappa shape index (κ1) is 18.8. The summed E-state index contributed by atoms with van der Waals surface area (Å²) in [4.78, 5) is 39.8. The van der Waals surface area contributed by atoms with Crippen molar-refractivity contribution < 1.29 is 24.0 Å². The van der Waals surface area contributed by atoms with Crippen molar-refractivity contribution >= 4 is 17.7 Å². The highest BCUT2D eigenvalue weighted by Crippen LogP contribution is 2.18. The fourth-order valence-electron chi connectivity index (χ4n) is 2.01. The Morgan fingerprint density at radius 1 is 1.09 bits per heavy atom. The average molecular weight is 321 g/mol. The van der Waals surface area contributed by atoms with Gasteiger partial charge in [-0.3, -0.25) is 14.4 Å². The highest BCUT2D eigenvalue weighted by atomic mass is 16.7. The van der Waals surface area contributed by atoms with Crippen LogP contribution in [0.25, 0.3) is 0 Å². The molecule has 1 atom stereocenters. The molecule has 126 valence electrons. The predicted molar refractivity (Wildman–Crippen MR) is 84.0 cm³/mol. The van der Waals surface area contributed by atoms with Crippen LogP contribution < -0.4 is 5.90 Å². The Hall–Kier alpha value is -2.21. The molecule has 0 aromatic heterocycles. The first-order valence-corrected chi connectivity index (χ1v) is 7.42. The lowest BCUT2D eigenvalue weighted by Gasteiger charge is -2.23. The second-order valence-electron chi connectivity index (χ2n) is 6.23. The molecule has 6 nitrogen and oxygen atoms in total. The van der Waals surface area contributed by atoms with Gasteiger partial charge in [0.05, 0.1) is 6.42 Å². The van der Waals surface area contributed by atoms with Gasteiger partial charge in [0, 0.05) is 6.42 Å². The van der Waals surface area contributed by atoms with Crippen molar-refractivity contribution in [2.75, 3.05) is 0 Å². The number of hydrogen-bond acceptors (Lipinski definition) is 6. The van der Waals surface area contributed by atoms with Gasteiger partial charge in [-0.15, -0.1) is 0 Å². The van der Waals surface area contributed by atoms with Gasteiger partial charge in [0.2, 0.25) is 0 Å². The zero-order valence-electron chi connectivity index (χ0n) is 13.7. The van der Waals surface area contributed by atoms with Crippen LogP contribution in [-0.2, 0) is 30.4 Å². The summed E-state index contributed by atoms with van der Waals surface area (Å²) in [5.74, 6) is 2.14. The fourth-order valence-corrected chi connectivity index (χ4v) is 2.01. The molecule has 1 unspecified atom stereocenters. The van der Waals surface area contributed by atoms with Crippen molar-refractivity contribution in [3.8, 4) is 0 Å². The van der Waals surface area contributed by atoms with E-state index < -0.39 is 23.5 Å². The van der Waals surface area contributed by atoms with E-state index in [1.807, 2.05) is 30.3 Å². The minimum atomic E-state index is -0.956. The Morgan fingerprint density at radius 3 is 2.22 bits per heavy atom. The van der Waals surface area contributed by atoms with Gasteiger partial charge < -0.3 is 9.57 Å². The minimum absolute atomic E-state index is 0.118. The van der Waals surface area contributed by atoms with Crippen LogP contribution >= 0.6 is 0 Å². The molecule has 0 saturated heterocycles. The summed E-state index contributed by atoms with van der Waals surface area (Å²) in [5.41, 5.74) is 0.153. The molecule has 0 spiro atoms. The molecule has 0 aliphatic rings. The molecule has 23 heavy (non-hydrogen) atoms. The average Bonchev–Trinajstić information content (AvgIpc) is 2.49.